The van der Waals surface area contributed by atoms with Crippen LogP contribution in [-0.4, -0.2) is 0 Å². The summed E-state index contributed by atoms with van der Waals surface area (Å²) in [6.45, 7) is 0. The third kappa shape index (κ3) is 4.81. The standard InChI is InChI=1S/C61H37NO2/c1-2-15-38(16-3-1)39-29-31-40(32-30-39)62(55-25-14-28-58-60(55)48-22-9-13-27-57(48)63-58)41-33-34-46-43-18-5-4-17-42(43)44-19-6-10-23-51(44)61(53(46)35-41)52-24-11-7-20-45(52)49-37-59-50(36-54(49)61)47-21-8-12-26-56(47)64-59/h1-37H. The summed E-state index contributed by atoms with van der Waals surface area (Å²) in [4.78, 5) is 2.43. The molecule has 0 aliphatic heterocycles. The number of nitrogens with zero attached hydrogens (tertiary/aromatic N) is 1. The van der Waals surface area contributed by atoms with Crippen molar-refractivity contribution in [3.63, 3.8) is 0 Å². The summed E-state index contributed by atoms with van der Waals surface area (Å²) in [5.41, 5.74) is 20.7. The predicted molar refractivity (Wildman–Crippen MR) is 263 cm³/mol. The molecule has 14 rings (SSSR count). The first-order valence-corrected chi connectivity index (χ1v) is 22.0. The molecule has 1 spiro atoms. The Bertz CT molecular complexity index is 3860. The first kappa shape index (κ1) is 35.2. The fourth-order valence-electron chi connectivity index (χ4n) is 11.2. The van der Waals surface area contributed by atoms with Crippen molar-refractivity contribution >= 4 is 60.9 Å². The molecule has 2 aliphatic rings. The number of fused-ring (bicyclic) bond motifs is 18. The van der Waals surface area contributed by atoms with Crippen molar-refractivity contribution in [2.45, 2.75) is 5.41 Å². The number of hydrogen-bond acceptors (Lipinski definition) is 3. The summed E-state index contributed by atoms with van der Waals surface area (Å²) in [5.74, 6) is 0. The highest BCUT2D eigenvalue weighted by Gasteiger charge is 2.50. The van der Waals surface area contributed by atoms with Gasteiger partial charge >= 0.3 is 0 Å². The molecule has 1 atom stereocenters. The van der Waals surface area contributed by atoms with Crippen LogP contribution in [0.25, 0.3) is 88.4 Å². The monoisotopic (exact) mass is 815 g/mol. The SMILES string of the molecule is c1ccc(-c2ccc(N(c3ccc4c(c3)C3(c5ccccc5-c5ccccc5-4)c4ccccc4-c4cc5oc6ccccc6c5cc43)c3cccc4oc5ccccc5c34)cc2)cc1. The zero-order valence-electron chi connectivity index (χ0n) is 34.6. The molecule has 10 aromatic carbocycles. The van der Waals surface area contributed by atoms with Gasteiger partial charge in [-0.15, -0.1) is 0 Å². The molecule has 2 aliphatic carbocycles. The molecule has 0 amide bonds. The summed E-state index contributed by atoms with van der Waals surface area (Å²) >= 11 is 0. The van der Waals surface area contributed by atoms with Crippen molar-refractivity contribution in [3.05, 3.63) is 247 Å². The lowest BCUT2D eigenvalue weighted by molar-refractivity contribution is 0.668. The number of furan rings is 2. The van der Waals surface area contributed by atoms with Gasteiger partial charge in [-0.2, -0.15) is 0 Å². The van der Waals surface area contributed by atoms with Crippen LogP contribution in [0.2, 0.25) is 0 Å². The Balaban J connectivity index is 1.11. The zero-order chi connectivity index (χ0) is 41.9. The maximum Gasteiger partial charge on any atom is 0.137 e. The van der Waals surface area contributed by atoms with Gasteiger partial charge in [-0.25, -0.2) is 0 Å². The van der Waals surface area contributed by atoms with Crippen molar-refractivity contribution in [2.75, 3.05) is 4.90 Å². The molecule has 0 N–H and O–H groups in total. The molecular formula is C61H37NO2. The van der Waals surface area contributed by atoms with Gasteiger partial charge in [0.05, 0.1) is 16.5 Å². The van der Waals surface area contributed by atoms with Crippen LogP contribution in [-0.2, 0) is 5.41 Å². The number of anilines is 3. The van der Waals surface area contributed by atoms with Gasteiger partial charge in [-0.05, 0) is 127 Å². The van der Waals surface area contributed by atoms with E-state index in [-0.39, 0.29) is 0 Å². The first-order valence-electron chi connectivity index (χ1n) is 22.0. The molecule has 0 bridgehead atoms. The minimum atomic E-state index is -0.698. The fraction of sp³-hybridized carbons (Fsp3) is 0.0164. The predicted octanol–water partition coefficient (Wildman–Crippen LogP) is 16.6. The molecule has 3 nitrogen and oxygen atoms in total. The number of rotatable bonds is 4. The summed E-state index contributed by atoms with van der Waals surface area (Å²) in [6, 6.07) is 81.9. The van der Waals surface area contributed by atoms with E-state index in [1.807, 2.05) is 6.07 Å². The Morgan fingerprint density at radius 2 is 0.828 bits per heavy atom. The van der Waals surface area contributed by atoms with E-state index in [2.05, 4.69) is 223 Å². The van der Waals surface area contributed by atoms with Crippen molar-refractivity contribution in [1.82, 2.24) is 0 Å². The summed E-state index contributed by atoms with van der Waals surface area (Å²) in [6.07, 6.45) is 0. The van der Waals surface area contributed by atoms with Gasteiger partial charge in [-0.1, -0.05) is 164 Å². The minimum Gasteiger partial charge on any atom is -0.456 e. The summed E-state index contributed by atoms with van der Waals surface area (Å²) in [5, 5.41) is 4.41. The minimum absolute atomic E-state index is 0.698. The highest BCUT2D eigenvalue weighted by Crippen LogP contribution is 2.63. The van der Waals surface area contributed by atoms with E-state index >= 15 is 0 Å². The highest BCUT2D eigenvalue weighted by atomic mass is 16.3. The smallest absolute Gasteiger partial charge is 0.137 e. The second kappa shape index (κ2) is 13.3. The summed E-state index contributed by atoms with van der Waals surface area (Å²) in [7, 11) is 0. The zero-order valence-corrected chi connectivity index (χ0v) is 34.6. The lowest BCUT2D eigenvalue weighted by Crippen LogP contribution is -2.29. The Labute approximate surface area is 369 Å². The molecule has 1 unspecified atom stereocenters. The second-order valence-electron chi connectivity index (χ2n) is 17.1. The van der Waals surface area contributed by atoms with Gasteiger partial charge in [0, 0.05) is 27.5 Å². The van der Waals surface area contributed by atoms with Crippen LogP contribution in [0.1, 0.15) is 22.3 Å². The first-order chi connectivity index (χ1) is 31.7. The lowest BCUT2D eigenvalue weighted by atomic mass is 9.65. The molecule has 0 saturated heterocycles. The van der Waals surface area contributed by atoms with Crippen LogP contribution in [0.15, 0.2) is 233 Å². The van der Waals surface area contributed by atoms with E-state index in [0.29, 0.717) is 0 Å². The van der Waals surface area contributed by atoms with Crippen molar-refractivity contribution < 1.29 is 8.83 Å². The van der Waals surface area contributed by atoms with Crippen molar-refractivity contribution in [1.29, 1.82) is 0 Å². The molecule has 3 heteroatoms. The second-order valence-corrected chi connectivity index (χ2v) is 17.1. The average molecular weight is 816 g/mol. The maximum atomic E-state index is 6.61. The van der Waals surface area contributed by atoms with Gasteiger partial charge in [-0.3, -0.25) is 0 Å². The van der Waals surface area contributed by atoms with Crippen LogP contribution in [0.4, 0.5) is 17.1 Å². The quantitative estimate of drug-likeness (QED) is 0.177. The average Bonchev–Trinajstić information content (AvgIpc) is 4.00. The molecule has 0 radical (unpaired) electrons. The number of para-hydroxylation sites is 2. The molecule has 0 fully saturated rings. The molecule has 2 heterocycles. The van der Waals surface area contributed by atoms with Crippen molar-refractivity contribution in [2.24, 2.45) is 0 Å². The Morgan fingerprint density at radius 1 is 0.297 bits per heavy atom. The topological polar surface area (TPSA) is 29.5 Å². The van der Waals surface area contributed by atoms with E-state index in [4.69, 9.17) is 8.83 Å². The summed E-state index contributed by atoms with van der Waals surface area (Å²) < 4.78 is 13.2. The number of hydrogen-bond donors (Lipinski definition) is 0. The van der Waals surface area contributed by atoms with Gasteiger partial charge in [0.1, 0.15) is 22.3 Å². The van der Waals surface area contributed by atoms with Gasteiger partial charge < -0.3 is 13.7 Å². The Hall–Kier alpha value is -8.40. The van der Waals surface area contributed by atoms with E-state index in [1.165, 1.54) is 66.8 Å². The van der Waals surface area contributed by atoms with Crippen LogP contribution in [0.5, 0.6) is 0 Å². The lowest BCUT2D eigenvalue weighted by Gasteiger charge is -2.36. The van der Waals surface area contributed by atoms with E-state index in [0.717, 1.165) is 60.9 Å². The Morgan fingerprint density at radius 3 is 1.58 bits per heavy atom. The molecule has 12 aromatic rings. The van der Waals surface area contributed by atoms with Crippen molar-refractivity contribution in [3.8, 4) is 44.5 Å². The molecule has 2 aromatic heterocycles. The van der Waals surface area contributed by atoms with E-state index in [9.17, 15) is 0 Å². The molecule has 298 valence electrons. The molecule has 64 heavy (non-hydrogen) atoms. The number of benzene rings is 10. The third-order valence-electron chi connectivity index (χ3n) is 13.9. The van der Waals surface area contributed by atoms with Crippen LogP contribution in [0, 0.1) is 0 Å². The normalized spacial score (nSPS) is 14.6. The highest BCUT2D eigenvalue weighted by molar-refractivity contribution is 6.14. The molecule has 0 saturated carbocycles. The van der Waals surface area contributed by atoms with Gasteiger partial charge in [0.15, 0.2) is 0 Å². The Kier molecular flexibility index (Phi) is 7.32. The van der Waals surface area contributed by atoms with Gasteiger partial charge in [0.2, 0.25) is 0 Å². The van der Waals surface area contributed by atoms with E-state index < -0.39 is 5.41 Å². The van der Waals surface area contributed by atoms with Gasteiger partial charge in [0.25, 0.3) is 0 Å². The van der Waals surface area contributed by atoms with E-state index in [1.54, 1.807) is 0 Å². The largest absolute Gasteiger partial charge is 0.456 e. The van der Waals surface area contributed by atoms with Crippen LogP contribution in [0.3, 0.4) is 0 Å². The molecular weight excluding hydrogens is 779 g/mol. The maximum absolute atomic E-state index is 6.61. The van der Waals surface area contributed by atoms with Crippen LogP contribution >= 0.6 is 0 Å². The fourth-order valence-corrected chi connectivity index (χ4v) is 11.2. The van der Waals surface area contributed by atoms with Crippen LogP contribution < -0.4 is 4.90 Å². The third-order valence-corrected chi connectivity index (χ3v) is 13.9.